The Morgan fingerprint density at radius 2 is 1.81 bits per heavy atom. The Labute approximate surface area is 127 Å². The fraction of sp³-hybridized carbons (Fsp3) is 0.500. The second-order valence-corrected chi connectivity index (χ2v) is 4.84. The highest BCUT2D eigenvalue weighted by Crippen LogP contribution is 2.11. The van der Waals surface area contributed by atoms with Crippen LogP contribution in [0.2, 0.25) is 0 Å². The molecule has 0 atom stereocenters. The third-order valence-corrected chi connectivity index (χ3v) is 3.23. The smallest absolute Gasteiger partial charge is 0.224 e. The van der Waals surface area contributed by atoms with E-state index in [2.05, 4.69) is 24.2 Å². The number of rotatable bonds is 7. The average Bonchev–Trinajstić information content (AvgIpc) is 2.48. The SMILES string of the molecule is CCCC(=O)Nc1ccc(CN=C(N)N(CC)CC)cc1. The number of benzene rings is 1. The zero-order valence-corrected chi connectivity index (χ0v) is 13.2. The molecule has 0 aliphatic rings. The third kappa shape index (κ3) is 5.85. The average molecular weight is 290 g/mol. The number of hydrogen-bond donors (Lipinski definition) is 2. The van der Waals surface area contributed by atoms with Gasteiger partial charge in [-0.15, -0.1) is 0 Å². The summed E-state index contributed by atoms with van der Waals surface area (Å²) in [5.74, 6) is 0.620. The van der Waals surface area contributed by atoms with Gasteiger partial charge in [0.1, 0.15) is 0 Å². The zero-order chi connectivity index (χ0) is 15.7. The highest BCUT2D eigenvalue weighted by Gasteiger charge is 2.03. The lowest BCUT2D eigenvalue weighted by atomic mass is 10.2. The first-order valence-corrected chi connectivity index (χ1v) is 7.54. The molecule has 0 saturated heterocycles. The number of carbonyl (C=O) groups is 1. The van der Waals surface area contributed by atoms with E-state index in [1.165, 1.54) is 0 Å². The van der Waals surface area contributed by atoms with E-state index < -0.39 is 0 Å². The summed E-state index contributed by atoms with van der Waals surface area (Å²) in [7, 11) is 0. The lowest BCUT2D eigenvalue weighted by Crippen LogP contribution is -2.37. The van der Waals surface area contributed by atoms with Gasteiger partial charge in [-0.05, 0) is 38.0 Å². The van der Waals surface area contributed by atoms with Gasteiger partial charge in [-0.1, -0.05) is 19.1 Å². The first-order chi connectivity index (χ1) is 10.1. The predicted molar refractivity (Wildman–Crippen MR) is 88.2 cm³/mol. The van der Waals surface area contributed by atoms with Gasteiger partial charge in [0, 0.05) is 25.2 Å². The molecule has 1 aromatic rings. The molecule has 0 bridgehead atoms. The number of nitrogens with zero attached hydrogens (tertiary/aromatic N) is 2. The van der Waals surface area contributed by atoms with Crippen LogP contribution in [0.3, 0.4) is 0 Å². The molecule has 3 N–H and O–H groups in total. The Morgan fingerprint density at radius 3 is 2.33 bits per heavy atom. The van der Waals surface area contributed by atoms with Gasteiger partial charge in [0.25, 0.3) is 0 Å². The van der Waals surface area contributed by atoms with Gasteiger partial charge in [-0.2, -0.15) is 0 Å². The highest BCUT2D eigenvalue weighted by atomic mass is 16.1. The number of carbonyl (C=O) groups excluding carboxylic acids is 1. The van der Waals surface area contributed by atoms with E-state index in [4.69, 9.17) is 5.73 Å². The molecule has 0 spiro atoms. The summed E-state index contributed by atoms with van der Waals surface area (Å²) in [4.78, 5) is 17.9. The molecule has 1 aromatic carbocycles. The van der Waals surface area contributed by atoms with Crippen molar-refractivity contribution in [3.05, 3.63) is 29.8 Å². The Balaban J connectivity index is 2.58. The summed E-state index contributed by atoms with van der Waals surface area (Å²) in [6.45, 7) is 8.36. The van der Waals surface area contributed by atoms with Crippen molar-refractivity contribution in [3.63, 3.8) is 0 Å². The molecule has 0 radical (unpaired) electrons. The maximum atomic E-state index is 11.5. The molecule has 0 aliphatic heterocycles. The minimum atomic E-state index is 0.0500. The minimum Gasteiger partial charge on any atom is -0.370 e. The van der Waals surface area contributed by atoms with E-state index in [1.807, 2.05) is 36.1 Å². The van der Waals surface area contributed by atoms with E-state index in [1.54, 1.807) is 0 Å². The molecule has 0 fully saturated rings. The molecule has 0 unspecified atom stereocenters. The predicted octanol–water partition coefficient (Wildman–Crippen LogP) is 2.58. The van der Waals surface area contributed by atoms with Crippen molar-refractivity contribution in [1.82, 2.24) is 4.90 Å². The summed E-state index contributed by atoms with van der Waals surface area (Å²) in [5.41, 5.74) is 7.82. The van der Waals surface area contributed by atoms with E-state index in [0.29, 0.717) is 18.9 Å². The van der Waals surface area contributed by atoms with Gasteiger partial charge in [0.05, 0.1) is 6.54 Å². The molecule has 116 valence electrons. The van der Waals surface area contributed by atoms with Gasteiger partial charge in [-0.25, -0.2) is 4.99 Å². The Hall–Kier alpha value is -2.04. The van der Waals surface area contributed by atoms with E-state index in [9.17, 15) is 4.79 Å². The zero-order valence-electron chi connectivity index (χ0n) is 13.2. The molecule has 1 amide bonds. The van der Waals surface area contributed by atoms with Crippen LogP contribution in [0.1, 0.15) is 39.2 Å². The van der Waals surface area contributed by atoms with E-state index in [-0.39, 0.29) is 5.91 Å². The number of nitrogens with two attached hydrogens (primary N) is 1. The van der Waals surface area contributed by atoms with Crippen molar-refractivity contribution in [2.75, 3.05) is 18.4 Å². The van der Waals surface area contributed by atoms with Gasteiger partial charge in [0.15, 0.2) is 5.96 Å². The third-order valence-electron chi connectivity index (χ3n) is 3.23. The molecule has 0 saturated carbocycles. The summed E-state index contributed by atoms with van der Waals surface area (Å²) in [6.07, 6.45) is 1.40. The first kappa shape index (κ1) is 17.0. The molecule has 1 rings (SSSR count). The van der Waals surface area contributed by atoms with Crippen LogP contribution in [0.25, 0.3) is 0 Å². The maximum Gasteiger partial charge on any atom is 0.224 e. The minimum absolute atomic E-state index is 0.0500. The molecule has 0 heterocycles. The normalized spacial score (nSPS) is 11.3. The Kier molecular flexibility index (Phi) is 7.29. The van der Waals surface area contributed by atoms with Gasteiger partial charge in [-0.3, -0.25) is 4.79 Å². The van der Waals surface area contributed by atoms with Crippen LogP contribution in [-0.2, 0) is 11.3 Å². The van der Waals surface area contributed by atoms with Gasteiger partial charge >= 0.3 is 0 Å². The van der Waals surface area contributed by atoms with Crippen molar-refractivity contribution in [2.45, 2.75) is 40.2 Å². The molecule has 21 heavy (non-hydrogen) atoms. The summed E-state index contributed by atoms with van der Waals surface area (Å²) in [6, 6.07) is 7.71. The lowest BCUT2D eigenvalue weighted by molar-refractivity contribution is -0.116. The quantitative estimate of drug-likeness (QED) is 0.599. The monoisotopic (exact) mass is 290 g/mol. The second-order valence-electron chi connectivity index (χ2n) is 4.84. The Morgan fingerprint density at radius 1 is 1.19 bits per heavy atom. The summed E-state index contributed by atoms with van der Waals surface area (Å²) in [5, 5.41) is 2.86. The van der Waals surface area contributed by atoms with E-state index >= 15 is 0 Å². The Bertz CT molecular complexity index is 464. The summed E-state index contributed by atoms with van der Waals surface area (Å²) >= 11 is 0. The van der Waals surface area contributed by atoms with E-state index in [0.717, 1.165) is 30.8 Å². The molecule has 0 aromatic heterocycles. The standard InChI is InChI=1S/C16H26N4O/c1-4-7-15(21)19-14-10-8-13(9-11-14)12-18-16(17)20(5-2)6-3/h8-11H,4-7,12H2,1-3H3,(H2,17,18)(H,19,21). The molecule has 5 heteroatoms. The number of aliphatic imine (C=N–C) groups is 1. The number of guanidine groups is 1. The van der Waals surface area contributed by atoms with Gasteiger partial charge in [0.2, 0.25) is 5.91 Å². The van der Waals surface area contributed by atoms with Crippen LogP contribution < -0.4 is 11.1 Å². The van der Waals surface area contributed by atoms with Crippen LogP contribution >= 0.6 is 0 Å². The topological polar surface area (TPSA) is 70.7 Å². The van der Waals surface area contributed by atoms with Crippen molar-refractivity contribution >= 4 is 17.6 Å². The first-order valence-electron chi connectivity index (χ1n) is 7.54. The van der Waals surface area contributed by atoms with Gasteiger partial charge < -0.3 is 16.0 Å². The molecular formula is C16H26N4O. The fourth-order valence-electron chi connectivity index (χ4n) is 1.96. The number of anilines is 1. The molecule has 5 nitrogen and oxygen atoms in total. The number of amides is 1. The highest BCUT2D eigenvalue weighted by molar-refractivity contribution is 5.90. The van der Waals surface area contributed by atoms with Crippen molar-refractivity contribution in [2.24, 2.45) is 10.7 Å². The lowest BCUT2D eigenvalue weighted by Gasteiger charge is -2.19. The van der Waals surface area contributed by atoms with Crippen LogP contribution in [0.15, 0.2) is 29.3 Å². The second kappa shape index (κ2) is 9.00. The largest absolute Gasteiger partial charge is 0.370 e. The maximum absolute atomic E-state index is 11.5. The summed E-state index contributed by atoms with van der Waals surface area (Å²) < 4.78 is 0. The molecular weight excluding hydrogens is 264 g/mol. The van der Waals surface area contributed by atoms with Crippen LogP contribution in [0.5, 0.6) is 0 Å². The van der Waals surface area contributed by atoms with Crippen LogP contribution in [0.4, 0.5) is 5.69 Å². The molecule has 0 aliphatic carbocycles. The fourth-order valence-corrected chi connectivity index (χ4v) is 1.96. The van der Waals surface area contributed by atoms with Crippen LogP contribution in [-0.4, -0.2) is 29.9 Å². The number of nitrogens with one attached hydrogen (secondary N) is 1. The van der Waals surface area contributed by atoms with Crippen LogP contribution in [0, 0.1) is 0 Å². The van der Waals surface area contributed by atoms with Crippen molar-refractivity contribution < 1.29 is 4.79 Å². The number of hydrogen-bond acceptors (Lipinski definition) is 2. The van der Waals surface area contributed by atoms with Crippen molar-refractivity contribution in [1.29, 1.82) is 0 Å². The van der Waals surface area contributed by atoms with Crippen molar-refractivity contribution in [3.8, 4) is 0 Å².